The number of rotatable bonds is 5. The number of nitrogens with zero attached hydrogens (tertiary/aromatic N) is 1. The summed E-state index contributed by atoms with van der Waals surface area (Å²) in [6, 6.07) is 10.5. The Morgan fingerprint density at radius 2 is 2.08 bits per heavy atom. The normalized spacial score (nSPS) is 10.6. The summed E-state index contributed by atoms with van der Waals surface area (Å²) in [7, 11) is 0. The number of pyridine rings is 1. The molecule has 0 aliphatic carbocycles. The maximum Gasteiger partial charge on any atom is 0.310 e. The van der Waals surface area contributed by atoms with Crippen molar-refractivity contribution in [2.75, 3.05) is 11.9 Å². The second-order valence-corrected chi connectivity index (χ2v) is 5.69. The van der Waals surface area contributed by atoms with Crippen molar-refractivity contribution in [2.24, 2.45) is 0 Å². The summed E-state index contributed by atoms with van der Waals surface area (Å²) in [6.07, 6.45) is 1.81. The Kier molecular flexibility index (Phi) is 5.00. The molecule has 0 saturated carbocycles. The number of amides is 1. The highest BCUT2D eigenvalue weighted by atomic mass is 35.5. The minimum absolute atomic E-state index is 0.0775. The molecule has 2 N–H and O–H groups in total. The van der Waals surface area contributed by atoms with E-state index in [1.807, 2.05) is 0 Å². The van der Waals surface area contributed by atoms with Crippen LogP contribution >= 0.6 is 11.6 Å². The lowest BCUT2D eigenvalue weighted by Gasteiger charge is -2.11. The highest BCUT2D eigenvalue weighted by Gasteiger charge is 2.15. The smallest absolute Gasteiger partial charge is 0.310 e. The number of carbonyl (C=O) groups excluding carboxylic acids is 2. The molecule has 0 saturated heterocycles. The SMILES string of the molecule is CCOC(=O)Cc1ccccc1NC(=O)c1cc2[nH]ccc2c(Cl)n1. The van der Waals surface area contributed by atoms with E-state index >= 15 is 0 Å². The Morgan fingerprint density at radius 3 is 2.88 bits per heavy atom. The molecule has 0 unspecified atom stereocenters. The summed E-state index contributed by atoms with van der Waals surface area (Å²) in [5, 5.41) is 3.78. The molecule has 0 atom stereocenters. The maximum absolute atomic E-state index is 12.5. The first kappa shape index (κ1) is 17.0. The van der Waals surface area contributed by atoms with Gasteiger partial charge in [-0.05, 0) is 30.7 Å². The zero-order valence-corrected chi connectivity index (χ0v) is 14.3. The third-order valence-electron chi connectivity index (χ3n) is 3.64. The summed E-state index contributed by atoms with van der Waals surface area (Å²) in [4.78, 5) is 31.4. The van der Waals surface area contributed by atoms with Crippen molar-refractivity contribution in [1.29, 1.82) is 0 Å². The van der Waals surface area contributed by atoms with Crippen LogP contribution in [0.5, 0.6) is 0 Å². The Hall–Kier alpha value is -2.86. The number of anilines is 1. The minimum Gasteiger partial charge on any atom is -0.466 e. The van der Waals surface area contributed by atoms with E-state index in [0.717, 1.165) is 10.9 Å². The zero-order chi connectivity index (χ0) is 17.8. The van der Waals surface area contributed by atoms with Crippen molar-refractivity contribution in [3.05, 3.63) is 59.0 Å². The third-order valence-corrected chi connectivity index (χ3v) is 3.93. The number of aromatic amines is 1. The van der Waals surface area contributed by atoms with Gasteiger partial charge in [-0.2, -0.15) is 0 Å². The summed E-state index contributed by atoms with van der Waals surface area (Å²) >= 11 is 6.11. The molecule has 0 fully saturated rings. The molecule has 6 nitrogen and oxygen atoms in total. The van der Waals surface area contributed by atoms with E-state index in [-0.39, 0.29) is 23.2 Å². The molecule has 0 radical (unpaired) electrons. The molecular formula is C18H16ClN3O3. The number of hydrogen-bond acceptors (Lipinski definition) is 4. The number of H-pyrrole nitrogens is 1. The second kappa shape index (κ2) is 7.36. The van der Waals surface area contributed by atoms with E-state index < -0.39 is 5.91 Å². The number of fused-ring (bicyclic) bond motifs is 1. The number of para-hydroxylation sites is 1. The van der Waals surface area contributed by atoms with Gasteiger partial charge in [0.1, 0.15) is 10.8 Å². The van der Waals surface area contributed by atoms with Gasteiger partial charge in [0, 0.05) is 17.3 Å². The van der Waals surface area contributed by atoms with Crippen molar-refractivity contribution in [1.82, 2.24) is 9.97 Å². The first-order valence-electron chi connectivity index (χ1n) is 7.77. The van der Waals surface area contributed by atoms with Gasteiger partial charge < -0.3 is 15.0 Å². The first-order chi connectivity index (χ1) is 12.1. The molecule has 1 aromatic carbocycles. The van der Waals surface area contributed by atoms with Crippen LogP contribution in [0.1, 0.15) is 23.0 Å². The van der Waals surface area contributed by atoms with Crippen molar-refractivity contribution in [2.45, 2.75) is 13.3 Å². The molecule has 3 aromatic rings. The fraction of sp³-hybridized carbons (Fsp3) is 0.167. The predicted octanol–water partition coefficient (Wildman–Crippen LogP) is 3.57. The summed E-state index contributed by atoms with van der Waals surface area (Å²) in [5.41, 5.74) is 2.11. The van der Waals surface area contributed by atoms with Gasteiger partial charge in [0.05, 0.1) is 18.5 Å². The number of ether oxygens (including phenoxy) is 1. The van der Waals surface area contributed by atoms with Crippen molar-refractivity contribution in [3.8, 4) is 0 Å². The number of esters is 1. The number of carbonyl (C=O) groups is 2. The van der Waals surface area contributed by atoms with Crippen LogP contribution in [-0.4, -0.2) is 28.5 Å². The maximum atomic E-state index is 12.5. The van der Waals surface area contributed by atoms with Crippen LogP contribution in [0, 0.1) is 0 Å². The number of benzene rings is 1. The van der Waals surface area contributed by atoms with Crippen LogP contribution in [0.4, 0.5) is 5.69 Å². The standard InChI is InChI=1S/C18H16ClN3O3/c1-2-25-16(23)9-11-5-3-4-6-13(11)22-18(24)15-10-14-12(7-8-20-14)17(19)21-15/h3-8,10,20H,2,9H2,1H3,(H,22,24). The Labute approximate surface area is 149 Å². The lowest BCUT2D eigenvalue weighted by Crippen LogP contribution is -2.16. The van der Waals surface area contributed by atoms with Gasteiger partial charge in [-0.15, -0.1) is 0 Å². The highest BCUT2D eigenvalue weighted by Crippen LogP contribution is 2.23. The molecule has 0 aliphatic rings. The molecule has 2 aromatic heterocycles. The van der Waals surface area contributed by atoms with Crippen molar-refractivity contribution < 1.29 is 14.3 Å². The van der Waals surface area contributed by atoms with Crippen LogP contribution in [0.3, 0.4) is 0 Å². The average Bonchev–Trinajstić information content (AvgIpc) is 3.06. The summed E-state index contributed by atoms with van der Waals surface area (Å²) in [6.45, 7) is 2.06. The van der Waals surface area contributed by atoms with Gasteiger partial charge in [-0.1, -0.05) is 29.8 Å². The molecular weight excluding hydrogens is 342 g/mol. The number of halogens is 1. The zero-order valence-electron chi connectivity index (χ0n) is 13.5. The third kappa shape index (κ3) is 3.80. The largest absolute Gasteiger partial charge is 0.466 e. The van der Waals surface area contributed by atoms with E-state index in [1.54, 1.807) is 49.5 Å². The van der Waals surface area contributed by atoms with Gasteiger partial charge in [0.25, 0.3) is 5.91 Å². The minimum atomic E-state index is -0.408. The van der Waals surface area contributed by atoms with Crippen LogP contribution in [-0.2, 0) is 16.0 Å². The first-order valence-corrected chi connectivity index (χ1v) is 8.14. The van der Waals surface area contributed by atoms with Gasteiger partial charge >= 0.3 is 5.97 Å². The summed E-state index contributed by atoms with van der Waals surface area (Å²) < 4.78 is 4.96. The molecule has 1 amide bonds. The number of aromatic nitrogens is 2. The lowest BCUT2D eigenvalue weighted by molar-refractivity contribution is -0.142. The van der Waals surface area contributed by atoms with Crippen LogP contribution in [0.25, 0.3) is 10.9 Å². The number of nitrogens with one attached hydrogen (secondary N) is 2. The quantitative estimate of drug-likeness (QED) is 0.540. The highest BCUT2D eigenvalue weighted by molar-refractivity contribution is 6.34. The van der Waals surface area contributed by atoms with Crippen LogP contribution in [0.15, 0.2) is 42.6 Å². The molecule has 3 rings (SSSR count). The van der Waals surface area contributed by atoms with Gasteiger partial charge in [-0.25, -0.2) is 4.98 Å². The van der Waals surface area contributed by atoms with Gasteiger partial charge in [0.15, 0.2) is 0 Å². The molecule has 7 heteroatoms. The Bertz CT molecular complexity index is 936. The van der Waals surface area contributed by atoms with E-state index in [0.29, 0.717) is 17.9 Å². The van der Waals surface area contributed by atoms with E-state index in [2.05, 4.69) is 15.3 Å². The molecule has 0 bridgehead atoms. The molecule has 25 heavy (non-hydrogen) atoms. The fourth-order valence-corrected chi connectivity index (χ4v) is 2.74. The molecule has 0 aliphatic heterocycles. The van der Waals surface area contributed by atoms with Crippen LogP contribution < -0.4 is 5.32 Å². The molecule has 0 spiro atoms. The van der Waals surface area contributed by atoms with E-state index in [9.17, 15) is 9.59 Å². The molecule has 2 heterocycles. The molecule has 128 valence electrons. The van der Waals surface area contributed by atoms with Crippen molar-refractivity contribution in [3.63, 3.8) is 0 Å². The average molecular weight is 358 g/mol. The Morgan fingerprint density at radius 1 is 1.28 bits per heavy atom. The monoisotopic (exact) mass is 357 g/mol. The van der Waals surface area contributed by atoms with E-state index in [4.69, 9.17) is 16.3 Å². The Balaban J connectivity index is 1.83. The van der Waals surface area contributed by atoms with Gasteiger partial charge in [-0.3, -0.25) is 9.59 Å². The van der Waals surface area contributed by atoms with E-state index in [1.165, 1.54) is 0 Å². The predicted molar refractivity (Wildman–Crippen MR) is 95.8 cm³/mol. The lowest BCUT2D eigenvalue weighted by atomic mass is 10.1. The fourth-order valence-electron chi connectivity index (χ4n) is 2.48. The van der Waals surface area contributed by atoms with Gasteiger partial charge in [0.2, 0.25) is 0 Å². The second-order valence-electron chi connectivity index (χ2n) is 5.33. The van der Waals surface area contributed by atoms with Crippen molar-refractivity contribution >= 4 is 40.1 Å². The summed E-state index contributed by atoms with van der Waals surface area (Å²) in [5.74, 6) is -0.757. The number of hydrogen-bond donors (Lipinski definition) is 2. The van der Waals surface area contributed by atoms with Crippen LogP contribution in [0.2, 0.25) is 5.15 Å². The topological polar surface area (TPSA) is 84.1 Å².